The van der Waals surface area contributed by atoms with Crippen LogP contribution in [0.15, 0.2) is 30.3 Å². The fourth-order valence-corrected chi connectivity index (χ4v) is 4.05. The van der Waals surface area contributed by atoms with E-state index < -0.39 is 17.4 Å². The Morgan fingerprint density at radius 2 is 1.68 bits per heavy atom. The third-order valence-electron chi connectivity index (χ3n) is 5.40. The van der Waals surface area contributed by atoms with Crippen LogP contribution in [-0.4, -0.2) is 34.0 Å². The Bertz CT molecular complexity index is 1060. The van der Waals surface area contributed by atoms with Gasteiger partial charge in [-0.05, 0) is 89.8 Å². The van der Waals surface area contributed by atoms with Gasteiger partial charge in [-0.25, -0.2) is 5.01 Å². The predicted octanol–water partition coefficient (Wildman–Crippen LogP) is 4.72. The van der Waals surface area contributed by atoms with Gasteiger partial charge in [0.1, 0.15) is 5.75 Å². The topological polar surface area (TPSA) is 73.6 Å². The lowest BCUT2D eigenvalue weighted by atomic mass is 9.95. The summed E-state index contributed by atoms with van der Waals surface area (Å²) in [5.74, 6) is -0.142. The Hall–Kier alpha value is -3.33. The number of carbonyl (C=O) groups excluding carboxylic acids is 2. The summed E-state index contributed by atoms with van der Waals surface area (Å²) >= 11 is 0. The highest BCUT2D eigenvalue weighted by Gasteiger charge is 2.37. The lowest BCUT2D eigenvalue weighted by Crippen LogP contribution is -2.56. The maximum Gasteiger partial charge on any atom is 0.286 e. The van der Waals surface area contributed by atoms with Gasteiger partial charge in [0.05, 0.1) is 12.1 Å². The average molecular weight is 420 g/mol. The number of hydrogen-bond donors (Lipinski definition) is 0. The Kier molecular flexibility index (Phi) is 6.08. The summed E-state index contributed by atoms with van der Waals surface area (Å²) in [6.07, 6.45) is 3.65. The smallest absolute Gasteiger partial charge is 0.286 e. The molecule has 3 rings (SSSR count). The first-order valence-corrected chi connectivity index (χ1v) is 10.5. The summed E-state index contributed by atoms with van der Waals surface area (Å²) in [6.45, 7) is 11.8. The van der Waals surface area contributed by atoms with Gasteiger partial charge >= 0.3 is 0 Å². The van der Waals surface area contributed by atoms with Gasteiger partial charge in [0, 0.05) is 11.1 Å². The molecule has 2 aromatic carbocycles. The number of carbonyl (C=O) groups is 2. The summed E-state index contributed by atoms with van der Waals surface area (Å²) in [7, 11) is 0. The molecule has 0 saturated carbocycles. The van der Waals surface area contributed by atoms with Crippen molar-refractivity contribution in [1.82, 2.24) is 10.0 Å². The van der Waals surface area contributed by atoms with E-state index in [-0.39, 0.29) is 0 Å². The molecule has 6 heteroatoms. The Morgan fingerprint density at radius 3 is 2.26 bits per heavy atom. The number of aryl methyl sites for hydroxylation is 2. The third kappa shape index (κ3) is 4.41. The molecule has 0 saturated heterocycles. The molecule has 0 N–H and O–H groups in total. The lowest BCUT2D eigenvalue weighted by molar-refractivity contribution is -0.0167. The fourth-order valence-electron chi connectivity index (χ4n) is 4.05. The molecular weight excluding hydrogens is 390 g/mol. The lowest BCUT2D eigenvalue weighted by Gasteiger charge is -2.39. The van der Waals surface area contributed by atoms with Gasteiger partial charge in [-0.1, -0.05) is 17.2 Å². The van der Waals surface area contributed by atoms with E-state index in [2.05, 4.69) is 0 Å². The predicted molar refractivity (Wildman–Crippen MR) is 119 cm³/mol. The molecule has 0 atom stereocenters. The van der Waals surface area contributed by atoms with Crippen LogP contribution >= 0.6 is 0 Å². The minimum Gasteiger partial charge on any atom is -0.493 e. The summed E-state index contributed by atoms with van der Waals surface area (Å²) < 4.78 is 5.69. The van der Waals surface area contributed by atoms with Gasteiger partial charge in [-0.3, -0.25) is 9.59 Å². The minimum atomic E-state index is -0.800. The monoisotopic (exact) mass is 419 g/mol. The Morgan fingerprint density at radius 1 is 1.03 bits per heavy atom. The zero-order chi connectivity index (χ0) is 22.9. The number of amides is 2. The first-order valence-electron chi connectivity index (χ1n) is 10.5. The Labute approximate surface area is 184 Å². The van der Waals surface area contributed by atoms with Crippen LogP contribution in [0.2, 0.25) is 0 Å². The second-order valence-corrected chi connectivity index (χ2v) is 9.05. The molecule has 162 valence electrons. The van der Waals surface area contributed by atoms with E-state index in [4.69, 9.17) is 4.74 Å². The number of nitrogens with zero attached hydrogens (tertiary/aromatic N) is 3. The molecule has 0 aliphatic carbocycles. The second-order valence-electron chi connectivity index (χ2n) is 9.05. The van der Waals surface area contributed by atoms with Crippen molar-refractivity contribution in [3.63, 3.8) is 0 Å². The first-order chi connectivity index (χ1) is 14.5. The number of benzene rings is 2. The first kappa shape index (κ1) is 22.4. The van der Waals surface area contributed by atoms with Crippen LogP contribution < -0.4 is 4.74 Å². The molecular formula is C25H29N3O3. The maximum atomic E-state index is 13.5. The molecule has 6 nitrogen and oxygen atoms in total. The highest BCUT2D eigenvalue weighted by Crippen LogP contribution is 2.31. The van der Waals surface area contributed by atoms with Gasteiger partial charge in [0.25, 0.3) is 11.8 Å². The highest BCUT2D eigenvalue weighted by atomic mass is 16.5. The minimum absolute atomic E-state index is 0.395. The largest absolute Gasteiger partial charge is 0.493 e. The second kappa shape index (κ2) is 8.43. The summed E-state index contributed by atoms with van der Waals surface area (Å²) in [4.78, 5) is 27.0. The molecule has 0 aromatic heterocycles. The van der Waals surface area contributed by atoms with Crippen molar-refractivity contribution in [1.29, 1.82) is 5.26 Å². The van der Waals surface area contributed by atoms with E-state index in [1.165, 1.54) is 5.01 Å². The normalized spacial score (nSPS) is 12.9. The number of nitriles is 1. The van der Waals surface area contributed by atoms with Crippen molar-refractivity contribution < 1.29 is 14.3 Å². The van der Waals surface area contributed by atoms with Crippen LogP contribution in [0.3, 0.4) is 0 Å². The van der Waals surface area contributed by atoms with Crippen molar-refractivity contribution >= 4 is 11.8 Å². The number of ether oxygens (including phenoxy) is 1. The van der Waals surface area contributed by atoms with Crippen LogP contribution in [0.5, 0.6) is 5.75 Å². The molecule has 1 heterocycles. The van der Waals surface area contributed by atoms with E-state index >= 15 is 0 Å². The van der Waals surface area contributed by atoms with Crippen molar-refractivity contribution in [2.45, 2.75) is 59.9 Å². The van der Waals surface area contributed by atoms with Crippen molar-refractivity contribution in [2.75, 3.05) is 6.61 Å². The molecule has 1 aliphatic rings. The van der Waals surface area contributed by atoms with Crippen molar-refractivity contribution in [3.8, 4) is 11.9 Å². The van der Waals surface area contributed by atoms with Crippen molar-refractivity contribution in [2.24, 2.45) is 0 Å². The molecule has 2 amide bonds. The number of hydrogen-bond acceptors (Lipinski definition) is 4. The molecule has 0 bridgehead atoms. The molecule has 1 aliphatic heterocycles. The highest BCUT2D eigenvalue weighted by molar-refractivity contribution is 6.01. The number of hydrazine groups is 1. The fraction of sp³-hybridized carbons (Fsp3) is 0.400. The van der Waals surface area contributed by atoms with E-state index in [0.717, 1.165) is 45.9 Å². The van der Waals surface area contributed by atoms with Gasteiger partial charge in [0.2, 0.25) is 6.19 Å². The average Bonchev–Trinajstić information content (AvgIpc) is 2.70. The summed E-state index contributed by atoms with van der Waals surface area (Å²) in [6, 6.07) is 8.97. The molecule has 0 spiro atoms. The van der Waals surface area contributed by atoms with Crippen LogP contribution in [-0.2, 0) is 6.42 Å². The van der Waals surface area contributed by atoms with Crippen LogP contribution in [0.4, 0.5) is 0 Å². The van der Waals surface area contributed by atoms with Gasteiger partial charge < -0.3 is 4.74 Å². The zero-order valence-electron chi connectivity index (χ0n) is 19.1. The van der Waals surface area contributed by atoms with E-state index in [1.54, 1.807) is 45.0 Å². The molecule has 2 aromatic rings. The van der Waals surface area contributed by atoms with E-state index in [9.17, 15) is 14.9 Å². The summed E-state index contributed by atoms with van der Waals surface area (Å²) in [5, 5.41) is 12.1. The van der Waals surface area contributed by atoms with Gasteiger partial charge in [0.15, 0.2) is 0 Å². The molecule has 0 fully saturated rings. The van der Waals surface area contributed by atoms with Crippen LogP contribution in [0.25, 0.3) is 0 Å². The maximum absolute atomic E-state index is 13.5. The SMILES string of the molecule is Cc1cc(C)cc(C(=O)N(N(C#N)C(=O)c2ccc3c(c2C)CCCO3)C(C)(C)C)c1. The standard InChI is InChI=1S/C25H29N3O3/c1-16-12-17(2)14-19(13-16)23(29)28(25(4,5)6)27(15-26)24(30)21-9-10-22-20(18(21)3)8-7-11-31-22/h9-10,12-14H,7-8,11H2,1-6H3. The van der Waals surface area contributed by atoms with Crippen LogP contribution in [0.1, 0.15) is 70.2 Å². The third-order valence-corrected chi connectivity index (χ3v) is 5.40. The van der Waals surface area contributed by atoms with Gasteiger partial charge in [-0.2, -0.15) is 5.26 Å². The quantitative estimate of drug-likeness (QED) is 0.401. The van der Waals surface area contributed by atoms with Gasteiger partial charge in [-0.15, -0.1) is 5.01 Å². The zero-order valence-corrected chi connectivity index (χ0v) is 19.1. The van der Waals surface area contributed by atoms with E-state index in [0.29, 0.717) is 17.7 Å². The van der Waals surface area contributed by atoms with Crippen molar-refractivity contribution in [3.05, 3.63) is 63.7 Å². The van der Waals surface area contributed by atoms with Crippen LogP contribution in [0, 0.1) is 32.2 Å². The molecule has 31 heavy (non-hydrogen) atoms. The number of fused-ring (bicyclic) bond motifs is 1. The molecule has 0 radical (unpaired) electrons. The Balaban J connectivity index is 2.05. The van der Waals surface area contributed by atoms with E-state index in [1.807, 2.05) is 33.0 Å². The number of rotatable bonds is 2. The molecule has 0 unspecified atom stereocenters. The summed E-state index contributed by atoms with van der Waals surface area (Å²) in [5.41, 5.74) is 3.69.